The van der Waals surface area contributed by atoms with Crippen molar-refractivity contribution < 1.29 is 35.8 Å². The van der Waals surface area contributed by atoms with E-state index in [-0.39, 0.29) is 37.9 Å². The third-order valence-corrected chi connectivity index (χ3v) is 7.15. The molecule has 0 aliphatic carbocycles. The van der Waals surface area contributed by atoms with Crippen molar-refractivity contribution in [3.63, 3.8) is 0 Å². The second kappa shape index (κ2) is 9.41. The van der Waals surface area contributed by atoms with Crippen LogP contribution < -0.4 is 10.9 Å². The van der Waals surface area contributed by atoms with Crippen LogP contribution in [0.3, 0.4) is 0 Å². The average molecular weight is 586 g/mol. The van der Waals surface area contributed by atoms with Crippen molar-refractivity contribution in [1.29, 1.82) is 0 Å². The van der Waals surface area contributed by atoms with Gasteiger partial charge in [-0.25, -0.2) is 0 Å². The lowest BCUT2D eigenvalue weighted by atomic mass is 10.1. The number of hydrogen-bond donors (Lipinski definition) is 4. The molecule has 0 aliphatic heterocycles. The highest BCUT2D eigenvalue weighted by molar-refractivity contribution is 7.86. The second-order valence-electron chi connectivity index (χ2n) is 7.49. The monoisotopic (exact) mass is 585 g/mol. The first kappa shape index (κ1) is 26.5. The molecule has 4 N–H and O–H groups in total. The summed E-state index contributed by atoms with van der Waals surface area (Å²) in [7, 11) is -9.62. The first-order chi connectivity index (χ1) is 17.1. The van der Waals surface area contributed by atoms with Crippen LogP contribution in [0.5, 0.6) is 5.75 Å². The molecule has 37 heavy (non-hydrogen) atoms. The number of carbonyl (C=O) groups excluding carboxylic acids is 1. The molecule has 3 aromatic carbocycles. The summed E-state index contributed by atoms with van der Waals surface area (Å²) in [5, 5.41) is 16.0. The van der Waals surface area contributed by atoms with Crippen molar-refractivity contribution in [1.82, 2.24) is 9.78 Å². The summed E-state index contributed by atoms with van der Waals surface area (Å²) in [6.45, 7) is 0. The molecule has 12 nitrogen and oxygen atoms in total. The minimum absolute atomic E-state index is 0.0179. The SMILES string of the molecule is O=C(Nc1cc(S(=O)(=O)O)cc2cc(S(=O)(=O)O)cc(O)c12)c1ccc(-n2nc(Cl)cc(Cl)c2=O)cc1. The van der Waals surface area contributed by atoms with Crippen LogP contribution in [0.15, 0.2) is 69.2 Å². The molecular weight excluding hydrogens is 573 g/mol. The summed E-state index contributed by atoms with van der Waals surface area (Å²) >= 11 is 11.7. The second-order valence-corrected chi connectivity index (χ2v) is 11.1. The number of fused-ring (bicyclic) bond motifs is 1. The first-order valence-electron chi connectivity index (χ1n) is 9.78. The molecule has 0 spiro atoms. The van der Waals surface area contributed by atoms with Gasteiger partial charge in [-0.05, 0) is 47.9 Å². The van der Waals surface area contributed by atoms with Gasteiger partial charge in [-0.15, -0.1) is 0 Å². The van der Waals surface area contributed by atoms with Crippen LogP contribution in [-0.2, 0) is 20.2 Å². The molecule has 0 fully saturated rings. The van der Waals surface area contributed by atoms with Crippen molar-refractivity contribution in [3.05, 3.63) is 80.7 Å². The predicted molar refractivity (Wildman–Crippen MR) is 133 cm³/mol. The third-order valence-electron chi connectivity index (χ3n) is 5.03. The molecule has 192 valence electrons. The van der Waals surface area contributed by atoms with E-state index in [1.54, 1.807) is 0 Å². The number of nitrogens with one attached hydrogen (secondary N) is 1. The molecule has 16 heteroatoms. The third kappa shape index (κ3) is 5.44. The van der Waals surface area contributed by atoms with Gasteiger partial charge in [0.05, 0.1) is 21.2 Å². The summed E-state index contributed by atoms with van der Waals surface area (Å²) in [5.41, 5.74) is -0.709. The molecule has 1 amide bonds. The van der Waals surface area contributed by atoms with Gasteiger partial charge in [0.1, 0.15) is 10.8 Å². The Morgan fingerprint density at radius 2 is 1.46 bits per heavy atom. The quantitative estimate of drug-likeness (QED) is 0.253. The zero-order valence-corrected chi connectivity index (χ0v) is 21.1. The van der Waals surface area contributed by atoms with E-state index in [4.69, 9.17) is 23.2 Å². The van der Waals surface area contributed by atoms with E-state index in [2.05, 4.69) is 10.4 Å². The number of phenols is 1. The van der Waals surface area contributed by atoms with E-state index >= 15 is 0 Å². The Bertz CT molecular complexity index is 1870. The number of nitrogens with zero attached hydrogens (tertiary/aromatic N) is 2. The lowest BCUT2D eigenvalue weighted by molar-refractivity contribution is 0.102. The minimum atomic E-state index is -4.83. The van der Waals surface area contributed by atoms with Crippen LogP contribution in [0.25, 0.3) is 16.5 Å². The molecule has 1 aromatic heterocycles. The fourth-order valence-corrected chi connectivity index (χ4v) is 4.90. The number of hydrogen-bond acceptors (Lipinski definition) is 8. The molecule has 1 heterocycles. The van der Waals surface area contributed by atoms with Crippen molar-refractivity contribution in [2.75, 3.05) is 5.32 Å². The van der Waals surface area contributed by atoms with E-state index < -0.39 is 47.2 Å². The van der Waals surface area contributed by atoms with E-state index in [1.165, 1.54) is 30.3 Å². The van der Waals surface area contributed by atoms with Crippen LogP contribution in [-0.4, -0.2) is 46.7 Å². The predicted octanol–water partition coefficient (Wildman–Crippen LogP) is 3.14. The van der Waals surface area contributed by atoms with Crippen LogP contribution in [0.4, 0.5) is 5.69 Å². The van der Waals surface area contributed by atoms with Gasteiger partial charge in [0.15, 0.2) is 5.15 Å². The van der Waals surface area contributed by atoms with E-state index in [0.717, 1.165) is 22.9 Å². The number of phenolic OH excluding ortho intramolecular Hbond substituents is 1. The molecule has 4 aromatic rings. The number of aromatic nitrogens is 2. The molecule has 0 saturated carbocycles. The molecule has 0 saturated heterocycles. The highest BCUT2D eigenvalue weighted by atomic mass is 35.5. The Kier molecular flexibility index (Phi) is 6.74. The van der Waals surface area contributed by atoms with Crippen molar-refractivity contribution >= 4 is 65.8 Å². The van der Waals surface area contributed by atoms with Crippen molar-refractivity contribution in [3.8, 4) is 11.4 Å². The standard InChI is InChI=1S/C21H13Cl2N3O9S2/c22-15-9-18(23)25-26(21(15)29)12-3-1-10(2-4-12)20(28)24-16-7-13(36(30,31)32)5-11-6-14(37(33,34)35)8-17(27)19(11)16/h1-9,27H,(H,24,28)(H,30,31,32)(H,33,34,35). The first-order valence-corrected chi connectivity index (χ1v) is 13.4. The lowest BCUT2D eigenvalue weighted by Gasteiger charge is -2.13. The topological polar surface area (TPSA) is 193 Å². The Labute approximate surface area is 218 Å². The van der Waals surface area contributed by atoms with E-state index in [9.17, 15) is 40.6 Å². The molecule has 4 rings (SSSR count). The zero-order chi connectivity index (χ0) is 27.3. The van der Waals surface area contributed by atoms with Gasteiger partial charge in [-0.2, -0.15) is 26.6 Å². The van der Waals surface area contributed by atoms with Gasteiger partial charge < -0.3 is 10.4 Å². The van der Waals surface area contributed by atoms with Crippen molar-refractivity contribution in [2.24, 2.45) is 0 Å². The van der Waals surface area contributed by atoms with Gasteiger partial charge in [-0.1, -0.05) is 23.2 Å². The number of rotatable bonds is 5. The summed E-state index contributed by atoms with van der Waals surface area (Å²) in [5.74, 6) is -1.51. The average Bonchev–Trinajstić information content (AvgIpc) is 2.79. The maximum absolute atomic E-state index is 12.9. The highest BCUT2D eigenvalue weighted by Gasteiger charge is 2.21. The zero-order valence-electron chi connectivity index (χ0n) is 18.0. The molecular formula is C21H13Cl2N3O9S2. The number of benzene rings is 3. The van der Waals surface area contributed by atoms with Gasteiger partial charge in [0.25, 0.3) is 31.7 Å². The van der Waals surface area contributed by atoms with Crippen LogP contribution in [0.2, 0.25) is 10.2 Å². The van der Waals surface area contributed by atoms with E-state index in [1.807, 2.05) is 0 Å². The van der Waals surface area contributed by atoms with Crippen LogP contribution in [0, 0.1) is 0 Å². The Hall–Kier alpha value is -3.53. The van der Waals surface area contributed by atoms with Gasteiger partial charge in [0.2, 0.25) is 0 Å². The summed E-state index contributed by atoms with van der Waals surface area (Å²) in [4.78, 5) is 23.7. The summed E-state index contributed by atoms with van der Waals surface area (Å²) in [6, 6.07) is 9.76. The highest BCUT2D eigenvalue weighted by Crippen LogP contribution is 2.37. The Balaban J connectivity index is 1.78. The number of halogens is 2. The van der Waals surface area contributed by atoms with E-state index in [0.29, 0.717) is 6.07 Å². The van der Waals surface area contributed by atoms with Gasteiger partial charge in [0, 0.05) is 23.1 Å². The van der Waals surface area contributed by atoms with Gasteiger partial charge in [-0.3, -0.25) is 18.7 Å². The normalized spacial score (nSPS) is 12.0. The fourth-order valence-electron chi connectivity index (χ4n) is 3.40. The van der Waals surface area contributed by atoms with Crippen molar-refractivity contribution in [2.45, 2.75) is 9.79 Å². The largest absolute Gasteiger partial charge is 0.507 e. The molecule has 0 unspecified atom stereocenters. The smallest absolute Gasteiger partial charge is 0.294 e. The number of carbonyl (C=O) groups is 1. The number of amides is 1. The maximum atomic E-state index is 12.9. The minimum Gasteiger partial charge on any atom is -0.507 e. The molecule has 0 aliphatic rings. The number of aromatic hydroxyl groups is 1. The molecule has 0 radical (unpaired) electrons. The molecule has 0 bridgehead atoms. The lowest BCUT2D eigenvalue weighted by Crippen LogP contribution is -2.21. The number of anilines is 1. The Morgan fingerprint density at radius 3 is 2.03 bits per heavy atom. The summed E-state index contributed by atoms with van der Waals surface area (Å²) in [6.07, 6.45) is 0. The fraction of sp³-hybridized carbons (Fsp3) is 0. The molecule has 0 atom stereocenters. The van der Waals surface area contributed by atoms with Crippen LogP contribution in [0.1, 0.15) is 10.4 Å². The summed E-state index contributed by atoms with van der Waals surface area (Å²) < 4.78 is 66.3. The van der Waals surface area contributed by atoms with Crippen LogP contribution >= 0.6 is 23.2 Å². The van der Waals surface area contributed by atoms with Gasteiger partial charge >= 0.3 is 0 Å². The Morgan fingerprint density at radius 1 is 0.892 bits per heavy atom. The maximum Gasteiger partial charge on any atom is 0.294 e.